The minimum Gasteiger partial charge on any atom is -0.497 e. The molecule has 0 aliphatic heterocycles. The molecule has 0 bridgehead atoms. The number of carboxylic acid groups (broad SMARTS) is 2. The van der Waals surface area contributed by atoms with Crippen LogP contribution in [0.15, 0.2) is 82.6 Å². The molecule has 16 heteroatoms. The fraction of sp³-hybridized carbons (Fsp3) is 0.154. The van der Waals surface area contributed by atoms with E-state index in [1.165, 1.54) is 50.6 Å². The van der Waals surface area contributed by atoms with Crippen molar-refractivity contribution in [3.05, 3.63) is 83.9 Å². The van der Waals surface area contributed by atoms with Crippen LogP contribution in [0.1, 0.15) is 20.7 Å². The Bertz CT molecular complexity index is 1590. The predicted octanol–water partition coefficient (Wildman–Crippen LogP) is 1.54. The van der Waals surface area contributed by atoms with Crippen LogP contribution >= 0.6 is 0 Å². The molecule has 3 rings (SSSR count). The first-order valence-electron chi connectivity index (χ1n) is 11.7. The Kier molecular flexibility index (Phi) is 9.54. The van der Waals surface area contributed by atoms with Crippen molar-refractivity contribution in [3.8, 4) is 11.5 Å². The van der Waals surface area contributed by atoms with E-state index in [4.69, 9.17) is 9.47 Å². The van der Waals surface area contributed by atoms with Gasteiger partial charge in [-0.1, -0.05) is 12.1 Å². The number of hydrogen-bond acceptors (Lipinski definition) is 10. The summed E-state index contributed by atoms with van der Waals surface area (Å²) in [6.07, 6.45) is 0. The molecule has 42 heavy (non-hydrogen) atoms. The second-order valence-electron chi connectivity index (χ2n) is 8.32. The zero-order chi connectivity index (χ0) is 31.2. The van der Waals surface area contributed by atoms with Crippen LogP contribution in [0.5, 0.6) is 11.5 Å². The molecule has 0 aliphatic carbocycles. The summed E-state index contributed by atoms with van der Waals surface area (Å²) in [6.45, 7) is -2.70. The van der Waals surface area contributed by atoms with Gasteiger partial charge in [0.1, 0.15) is 24.6 Å². The zero-order valence-electron chi connectivity index (χ0n) is 22.0. The number of sulfonamides is 2. The Morgan fingerprint density at radius 3 is 1.17 bits per heavy atom. The molecule has 2 amide bonds. The average Bonchev–Trinajstić information content (AvgIpc) is 2.97. The monoisotopic (exact) mass is 620 g/mol. The number of nitrogens with zero attached hydrogens (tertiary/aromatic N) is 2. The molecule has 0 heterocycles. The van der Waals surface area contributed by atoms with Crippen molar-refractivity contribution in [2.75, 3.05) is 27.3 Å². The minimum absolute atomic E-state index is 0.00274. The summed E-state index contributed by atoms with van der Waals surface area (Å²) in [6, 6.07) is 13.8. The van der Waals surface area contributed by atoms with Gasteiger partial charge in [-0.05, 0) is 60.7 Å². The lowest BCUT2D eigenvalue weighted by molar-refractivity contribution is -0.137. The Labute approximate surface area is 240 Å². The molecular weight excluding hydrogens is 596 g/mol. The first kappa shape index (κ1) is 31.6. The predicted molar refractivity (Wildman–Crippen MR) is 144 cm³/mol. The second kappa shape index (κ2) is 12.7. The third kappa shape index (κ3) is 6.67. The van der Waals surface area contributed by atoms with Crippen molar-refractivity contribution in [3.63, 3.8) is 0 Å². The molecule has 2 N–H and O–H groups in total. The summed E-state index contributed by atoms with van der Waals surface area (Å²) in [5, 5.41) is 18.8. The Balaban J connectivity index is 2.13. The van der Waals surface area contributed by atoms with Crippen LogP contribution in [0.4, 0.5) is 0 Å². The molecule has 3 aromatic rings. The topological polar surface area (TPSA) is 202 Å². The Morgan fingerprint density at radius 1 is 0.595 bits per heavy atom. The van der Waals surface area contributed by atoms with Crippen LogP contribution in [-0.2, 0) is 29.6 Å². The van der Waals surface area contributed by atoms with Crippen molar-refractivity contribution in [2.45, 2.75) is 9.79 Å². The van der Waals surface area contributed by atoms with Gasteiger partial charge >= 0.3 is 11.9 Å². The Hall–Kier alpha value is -4.96. The van der Waals surface area contributed by atoms with E-state index in [0.29, 0.717) is 0 Å². The van der Waals surface area contributed by atoms with E-state index in [9.17, 15) is 46.2 Å². The zero-order valence-corrected chi connectivity index (χ0v) is 23.7. The molecule has 0 unspecified atom stereocenters. The van der Waals surface area contributed by atoms with E-state index in [-0.39, 0.29) is 20.1 Å². The number of rotatable bonds is 12. The lowest BCUT2D eigenvalue weighted by Gasteiger charge is -2.24. The van der Waals surface area contributed by atoms with Crippen molar-refractivity contribution in [2.24, 2.45) is 0 Å². The van der Waals surface area contributed by atoms with Crippen molar-refractivity contribution in [1.82, 2.24) is 8.61 Å². The molecule has 222 valence electrons. The molecular formula is C26H24N2O12S2. The van der Waals surface area contributed by atoms with Crippen LogP contribution in [-0.4, -0.2) is 86.7 Å². The fourth-order valence-electron chi connectivity index (χ4n) is 3.65. The summed E-state index contributed by atoms with van der Waals surface area (Å²) in [5.74, 6) is -5.82. The summed E-state index contributed by atoms with van der Waals surface area (Å²) in [5.41, 5.74) is -1.39. The first-order valence-corrected chi connectivity index (χ1v) is 14.6. The maximum atomic E-state index is 13.6. The number of hydrogen-bond donors (Lipinski definition) is 2. The average molecular weight is 621 g/mol. The summed E-state index contributed by atoms with van der Waals surface area (Å²) in [4.78, 5) is 49.4. The largest absolute Gasteiger partial charge is 0.497 e. The van der Waals surface area contributed by atoms with Gasteiger partial charge < -0.3 is 19.7 Å². The van der Waals surface area contributed by atoms with Crippen LogP contribution < -0.4 is 9.47 Å². The van der Waals surface area contributed by atoms with Gasteiger partial charge in [0.2, 0.25) is 0 Å². The molecule has 0 aliphatic rings. The molecule has 14 nitrogen and oxygen atoms in total. The van der Waals surface area contributed by atoms with Gasteiger partial charge in [-0.25, -0.2) is 25.4 Å². The number of carboxylic acids is 2. The standard InChI is InChI=1S/C26H24N2O12S2/c1-39-17-7-11-19(12-8-17)41(35,36)27(15-23(29)30)25(33)21-5-3-4-6-22(21)26(34)28(16-24(31)32)42(37,38)20-13-9-18(40-2)10-14-20/h3-14H,15-16H2,1-2H3,(H,29,30)(H,31,32). The maximum absolute atomic E-state index is 13.6. The van der Waals surface area contributed by atoms with E-state index in [1.54, 1.807) is 0 Å². The van der Waals surface area contributed by atoms with Crippen molar-refractivity contribution >= 4 is 43.8 Å². The van der Waals surface area contributed by atoms with Gasteiger partial charge in [0.25, 0.3) is 31.9 Å². The van der Waals surface area contributed by atoms with Crippen LogP contribution in [0.25, 0.3) is 0 Å². The summed E-state index contributed by atoms with van der Waals surface area (Å²) in [7, 11) is -6.99. The SMILES string of the molecule is COc1ccc(S(=O)(=O)N(CC(=O)O)C(=O)c2ccccc2C(=O)N(CC(=O)O)S(=O)(=O)c2ccc(OC)cc2)cc1. The maximum Gasteiger partial charge on any atom is 0.324 e. The highest BCUT2D eigenvalue weighted by atomic mass is 32.2. The van der Waals surface area contributed by atoms with Gasteiger partial charge in [-0.15, -0.1) is 0 Å². The number of carbonyl (C=O) groups is 4. The molecule has 0 radical (unpaired) electrons. The first-order chi connectivity index (χ1) is 19.7. The lowest BCUT2D eigenvalue weighted by atomic mass is 10.1. The minimum atomic E-state index is -4.83. The highest BCUT2D eigenvalue weighted by Crippen LogP contribution is 2.25. The van der Waals surface area contributed by atoms with E-state index in [0.717, 1.165) is 36.4 Å². The van der Waals surface area contributed by atoms with Gasteiger partial charge in [-0.2, -0.15) is 0 Å². The molecule has 0 saturated heterocycles. The van der Waals surface area contributed by atoms with Crippen LogP contribution in [0, 0.1) is 0 Å². The second-order valence-corrected chi connectivity index (χ2v) is 12.0. The molecule has 0 fully saturated rings. The van der Waals surface area contributed by atoms with Crippen molar-refractivity contribution < 1.29 is 55.7 Å². The van der Waals surface area contributed by atoms with E-state index in [1.807, 2.05) is 0 Å². The van der Waals surface area contributed by atoms with E-state index >= 15 is 0 Å². The number of amides is 2. The summed E-state index contributed by atoms with van der Waals surface area (Å²) >= 11 is 0. The van der Waals surface area contributed by atoms with Gasteiger partial charge in [0, 0.05) is 0 Å². The quantitative estimate of drug-likeness (QED) is 0.296. The number of benzene rings is 3. The number of aliphatic carboxylic acids is 2. The number of carbonyl (C=O) groups excluding carboxylic acids is 2. The molecule has 0 spiro atoms. The third-order valence-corrected chi connectivity index (χ3v) is 9.18. The van der Waals surface area contributed by atoms with E-state index < -0.39 is 77.8 Å². The number of ether oxygens (including phenoxy) is 2. The van der Waals surface area contributed by atoms with Gasteiger partial charge in [0.15, 0.2) is 0 Å². The number of methoxy groups -OCH3 is 2. The van der Waals surface area contributed by atoms with Gasteiger partial charge in [-0.3, -0.25) is 19.2 Å². The van der Waals surface area contributed by atoms with Gasteiger partial charge in [0.05, 0.1) is 35.1 Å². The molecule has 3 aromatic carbocycles. The third-order valence-electron chi connectivity index (χ3n) is 5.69. The lowest BCUT2D eigenvalue weighted by Crippen LogP contribution is -2.43. The highest BCUT2D eigenvalue weighted by Gasteiger charge is 2.37. The van der Waals surface area contributed by atoms with Crippen molar-refractivity contribution in [1.29, 1.82) is 0 Å². The van der Waals surface area contributed by atoms with Crippen LogP contribution in [0.2, 0.25) is 0 Å². The summed E-state index contributed by atoms with van der Waals surface area (Å²) < 4.78 is 63.4. The molecule has 0 atom stereocenters. The fourth-order valence-corrected chi connectivity index (χ4v) is 6.32. The smallest absolute Gasteiger partial charge is 0.324 e. The molecule has 0 aromatic heterocycles. The van der Waals surface area contributed by atoms with Crippen LogP contribution in [0.3, 0.4) is 0 Å². The Morgan fingerprint density at radius 2 is 0.905 bits per heavy atom. The molecule has 0 saturated carbocycles. The highest BCUT2D eigenvalue weighted by molar-refractivity contribution is 7.90. The van der Waals surface area contributed by atoms with E-state index in [2.05, 4.69) is 0 Å². The normalized spacial score (nSPS) is 11.3.